The molecule has 0 heterocycles. The Labute approximate surface area is 134 Å². The lowest BCUT2D eigenvalue weighted by atomic mass is 10.1. The van der Waals surface area contributed by atoms with Crippen molar-refractivity contribution in [2.75, 3.05) is 33.4 Å². The lowest BCUT2D eigenvalue weighted by Crippen LogP contribution is -2.35. The van der Waals surface area contributed by atoms with Crippen LogP contribution in [-0.2, 0) is 14.3 Å². The molecule has 0 aliphatic heterocycles. The number of nitro groups is 1. The largest absolute Gasteiger partial charge is 0.466 e. The number of nitro benzene ring substituents is 1. The highest BCUT2D eigenvalue weighted by atomic mass is 16.6. The van der Waals surface area contributed by atoms with Gasteiger partial charge in [-0.15, -0.1) is 0 Å². The summed E-state index contributed by atoms with van der Waals surface area (Å²) in [7, 11) is 1.51. The average Bonchev–Trinajstić information content (AvgIpc) is 2.54. The molecule has 23 heavy (non-hydrogen) atoms. The highest BCUT2D eigenvalue weighted by Gasteiger charge is 2.18. The normalized spacial score (nSPS) is 10.2. The molecule has 0 fully saturated rings. The van der Waals surface area contributed by atoms with Crippen LogP contribution in [0.15, 0.2) is 24.3 Å². The van der Waals surface area contributed by atoms with Crippen LogP contribution in [0.3, 0.4) is 0 Å². The van der Waals surface area contributed by atoms with Gasteiger partial charge in [-0.05, 0) is 19.1 Å². The first-order chi connectivity index (χ1) is 11.0. The fourth-order valence-electron chi connectivity index (χ4n) is 1.88. The van der Waals surface area contributed by atoms with E-state index < -0.39 is 4.92 Å². The topological polar surface area (TPSA) is 99.0 Å². The Kier molecular flexibility index (Phi) is 7.69. The molecule has 0 saturated carbocycles. The maximum atomic E-state index is 12.5. The first kappa shape index (κ1) is 18.6. The Balaban J connectivity index is 2.77. The van der Waals surface area contributed by atoms with Crippen molar-refractivity contribution >= 4 is 17.6 Å². The number of amides is 1. The van der Waals surface area contributed by atoms with Gasteiger partial charge in [-0.3, -0.25) is 19.7 Å². The molecule has 8 nitrogen and oxygen atoms in total. The lowest BCUT2D eigenvalue weighted by molar-refractivity contribution is -0.384. The third-order valence-electron chi connectivity index (χ3n) is 3.07. The number of benzene rings is 1. The standard InChI is InChI=1S/C15H20N2O6/c1-3-23-14(18)8-9-16(10-11-22-2)15(19)12-4-6-13(7-5-12)17(20)21/h4-7H,3,8-11H2,1-2H3. The van der Waals surface area contributed by atoms with Crippen LogP contribution in [0.25, 0.3) is 0 Å². The van der Waals surface area contributed by atoms with E-state index in [2.05, 4.69) is 0 Å². The van der Waals surface area contributed by atoms with Gasteiger partial charge in [0.2, 0.25) is 0 Å². The van der Waals surface area contributed by atoms with E-state index in [0.717, 1.165) is 0 Å². The van der Waals surface area contributed by atoms with Crippen LogP contribution in [0, 0.1) is 10.1 Å². The van der Waals surface area contributed by atoms with Gasteiger partial charge < -0.3 is 14.4 Å². The molecule has 0 N–H and O–H groups in total. The van der Waals surface area contributed by atoms with Crippen LogP contribution < -0.4 is 0 Å². The van der Waals surface area contributed by atoms with Crippen LogP contribution >= 0.6 is 0 Å². The number of rotatable bonds is 9. The van der Waals surface area contributed by atoms with Crippen molar-refractivity contribution in [3.8, 4) is 0 Å². The maximum absolute atomic E-state index is 12.5. The quantitative estimate of drug-likeness (QED) is 0.389. The van der Waals surface area contributed by atoms with Gasteiger partial charge in [0.25, 0.3) is 11.6 Å². The van der Waals surface area contributed by atoms with Gasteiger partial charge in [-0.2, -0.15) is 0 Å². The molecule has 8 heteroatoms. The van der Waals surface area contributed by atoms with E-state index in [-0.39, 0.29) is 37.1 Å². The number of carbonyl (C=O) groups excluding carboxylic acids is 2. The Hall–Kier alpha value is -2.48. The van der Waals surface area contributed by atoms with Gasteiger partial charge in [0.15, 0.2) is 0 Å². The summed E-state index contributed by atoms with van der Waals surface area (Å²) in [4.78, 5) is 35.5. The second-order valence-corrected chi connectivity index (χ2v) is 4.64. The van der Waals surface area contributed by atoms with E-state index in [9.17, 15) is 19.7 Å². The summed E-state index contributed by atoms with van der Waals surface area (Å²) in [5.74, 6) is -0.701. The predicted octanol–water partition coefficient (Wildman–Crippen LogP) is 1.64. The SMILES string of the molecule is CCOC(=O)CCN(CCOC)C(=O)c1ccc([N+](=O)[O-])cc1. The third-order valence-corrected chi connectivity index (χ3v) is 3.07. The minimum Gasteiger partial charge on any atom is -0.466 e. The van der Waals surface area contributed by atoms with Gasteiger partial charge in [-0.25, -0.2) is 0 Å². The van der Waals surface area contributed by atoms with E-state index in [1.54, 1.807) is 6.92 Å². The number of esters is 1. The minimum absolute atomic E-state index is 0.0796. The Morgan fingerprint density at radius 2 is 1.87 bits per heavy atom. The molecule has 0 aliphatic carbocycles. The number of hydrogen-bond donors (Lipinski definition) is 0. The van der Waals surface area contributed by atoms with Gasteiger partial charge >= 0.3 is 5.97 Å². The molecule has 0 radical (unpaired) electrons. The van der Waals surface area contributed by atoms with Crippen LogP contribution in [-0.4, -0.2) is 55.1 Å². The second-order valence-electron chi connectivity index (χ2n) is 4.64. The molecule has 0 unspecified atom stereocenters. The van der Waals surface area contributed by atoms with Crippen LogP contribution in [0.4, 0.5) is 5.69 Å². The molecule has 0 aromatic heterocycles. The van der Waals surface area contributed by atoms with E-state index >= 15 is 0 Å². The molecule has 0 aliphatic rings. The highest BCUT2D eigenvalue weighted by molar-refractivity contribution is 5.94. The van der Waals surface area contributed by atoms with Crippen molar-refractivity contribution in [3.05, 3.63) is 39.9 Å². The van der Waals surface area contributed by atoms with Gasteiger partial charge in [0.05, 0.1) is 24.6 Å². The number of methoxy groups -OCH3 is 1. The predicted molar refractivity (Wildman–Crippen MR) is 82.1 cm³/mol. The second kappa shape index (κ2) is 9.52. The van der Waals surface area contributed by atoms with Crippen molar-refractivity contribution in [2.24, 2.45) is 0 Å². The lowest BCUT2D eigenvalue weighted by Gasteiger charge is -2.22. The molecule has 1 rings (SSSR count). The van der Waals surface area contributed by atoms with Crippen molar-refractivity contribution in [1.29, 1.82) is 0 Å². The molecular formula is C15H20N2O6. The van der Waals surface area contributed by atoms with Crippen LogP contribution in [0.1, 0.15) is 23.7 Å². The molecular weight excluding hydrogens is 304 g/mol. The first-order valence-electron chi connectivity index (χ1n) is 7.17. The zero-order valence-electron chi connectivity index (χ0n) is 13.2. The minimum atomic E-state index is -0.530. The number of hydrogen-bond acceptors (Lipinski definition) is 6. The zero-order valence-corrected chi connectivity index (χ0v) is 13.2. The van der Waals surface area contributed by atoms with E-state index in [0.29, 0.717) is 18.7 Å². The molecule has 126 valence electrons. The number of non-ortho nitro benzene ring substituents is 1. The number of ether oxygens (including phenoxy) is 2. The molecule has 0 saturated heterocycles. The monoisotopic (exact) mass is 324 g/mol. The van der Waals surface area contributed by atoms with Crippen molar-refractivity contribution < 1.29 is 24.0 Å². The van der Waals surface area contributed by atoms with E-state index in [1.807, 2.05) is 0 Å². The van der Waals surface area contributed by atoms with Crippen molar-refractivity contribution in [1.82, 2.24) is 4.90 Å². The zero-order chi connectivity index (χ0) is 17.2. The summed E-state index contributed by atoms with van der Waals surface area (Å²) < 4.78 is 9.81. The summed E-state index contributed by atoms with van der Waals surface area (Å²) in [5.41, 5.74) is 0.229. The van der Waals surface area contributed by atoms with Crippen molar-refractivity contribution in [2.45, 2.75) is 13.3 Å². The molecule has 1 aromatic rings. The Bertz CT molecular complexity index is 543. The Morgan fingerprint density at radius 1 is 1.22 bits per heavy atom. The number of nitrogens with zero attached hydrogens (tertiary/aromatic N) is 2. The fraction of sp³-hybridized carbons (Fsp3) is 0.467. The van der Waals surface area contributed by atoms with Crippen LogP contribution in [0.2, 0.25) is 0 Å². The van der Waals surface area contributed by atoms with Crippen molar-refractivity contribution in [3.63, 3.8) is 0 Å². The fourth-order valence-corrected chi connectivity index (χ4v) is 1.88. The smallest absolute Gasteiger partial charge is 0.307 e. The average molecular weight is 324 g/mol. The highest BCUT2D eigenvalue weighted by Crippen LogP contribution is 2.14. The molecule has 1 aromatic carbocycles. The summed E-state index contributed by atoms with van der Waals surface area (Å²) >= 11 is 0. The molecule has 0 atom stereocenters. The molecule has 0 spiro atoms. The maximum Gasteiger partial charge on any atom is 0.307 e. The molecule has 0 bridgehead atoms. The third kappa shape index (κ3) is 6.03. The van der Waals surface area contributed by atoms with E-state index in [1.165, 1.54) is 36.3 Å². The summed E-state index contributed by atoms with van der Waals surface area (Å²) in [6.07, 6.45) is 0.0796. The first-order valence-corrected chi connectivity index (χ1v) is 7.17. The summed E-state index contributed by atoms with van der Waals surface area (Å²) in [6, 6.07) is 5.33. The summed E-state index contributed by atoms with van der Waals surface area (Å²) in [6.45, 7) is 2.82. The van der Waals surface area contributed by atoms with Gasteiger partial charge in [0, 0.05) is 37.9 Å². The van der Waals surface area contributed by atoms with Gasteiger partial charge in [-0.1, -0.05) is 0 Å². The van der Waals surface area contributed by atoms with Crippen LogP contribution in [0.5, 0.6) is 0 Å². The summed E-state index contributed by atoms with van der Waals surface area (Å²) in [5, 5.41) is 10.6. The van der Waals surface area contributed by atoms with E-state index in [4.69, 9.17) is 9.47 Å². The molecule has 1 amide bonds. The van der Waals surface area contributed by atoms with Gasteiger partial charge in [0.1, 0.15) is 0 Å². The Morgan fingerprint density at radius 3 is 2.39 bits per heavy atom. The number of carbonyl (C=O) groups is 2.